The maximum atomic E-state index is 12.8. The molecule has 0 aliphatic carbocycles. The van der Waals surface area contributed by atoms with E-state index in [9.17, 15) is 14.4 Å². The van der Waals surface area contributed by atoms with Crippen molar-refractivity contribution in [2.45, 2.75) is 209 Å². The first kappa shape index (κ1) is 65.3. The lowest BCUT2D eigenvalue weighted by Gasteiger charge is -2.48. The number of benzene rings is 3. The average molecular weight is 1290 g/mol. The molecule has 516 valence electrons. The molecule has 9 rings (SSSR count). The lowest BCUT2D eigenvalue weighted by Crippen LogP contribution is -2.51. The molecule has 6 aliphatic heterocycles. The van der Waals surface area contributed by atoms with E-state index in [0.29, 0.717) is 36.2 Å². The highest BCUT2D eigenvalue weighted by Gasteiger charge is 2.46. The summed E-state index contributed by atoms with van der Waals surface area (Å²) in [5.41, 5.74) is 25.3. The number of nitrogens with two attached hydrogens (primary N) is 3. The van der Waals surface area contributed by atoms with Crippen molar-refractivity contribution in [1.29, 1.82) is 0 Å². The first-order valence-corrected chi connectivity index (χ1v) is 33.8. The fraction of sp³-hybridized carbons (Fsp3) is 0.716. The second kappa shape index (κ2) is 31.9. The molecule has 0 bridgehead atoms. The maximum Gasteiger partial charge on any atom is 0.323 e. The quantitative estimate of drug-likeness (QED) is 0.0750. The van der Waals surface area contributed by atoms with E-state index in [4.69, 9.17) is 68.1 Å². The summed E-state index contributed by atoms with van der Waals surface area (Å²) in [6, 6.07) is 9.98. The van der Waals surface area contributed by atoms with Crippen molar-refractivity contribution >= 4 is 17.9 Å². The zero-order valence-corrected chi connectivity index (χ0v) is 58.8. The summed E-state index contributed by atoms with van der Waals surface area (Å²) in [6.45, 7) is 34.6. The van der Waals surface area contributed by atoms with Crippen LogP contribution in [0.25, 0.3) is 0 Å². The van der Waals surface area contributed by atoms with Crippen LogP contribution in [0.1, 0.15) is 195 Å². The lowest BCUT2D eigenvalue weighted by atomic mass is 9.75. The van der Waals surface area contributed by atoms with Gasteiger partial charge >= 0.3 is 17.9 Å². The topological polar surface area (TPSA) is 222 Å². The van der Waals surface area contributed by atoms with Crippen molar-refractivity contribution in [3.63, 3.8) is 0 Å². The fourth-order valence-electron chi connectivity index (χ4n) is 14.8. The van der Waals surface area contributed by atoms with E-state index in [1.54, 1.807) is 26.4 Å². The van der Waals surface area contributed by atoms with Crippen LogP contribution < -0.4 is 45.6 Å². The molecular formula is C74H118N6O12. The molecule has 0 unspecified atom stereocenters. The van der Waals surface area contributed by atoms with Gasteiger partial charge in [0.05, 0.1) is 50.7 Å². The number of fused-ring (bicyclic) bond motifs is 9. The smallest absolute Gasteiger partial charge is 0.323 e. The molecule has 0 spiro atoms. The highest BCUT2D eigenvalue weighted by atomic mass is 16.6. The van der Waals surface area contributed by atoms with Crippen LogP contribution in [0.3, 0.4) is 0 Å². The third-order valence-corrected chi connectivity index (χ3v) is 19.8. The predicted octanol–water partition coefficient (Wildman–Crippen LogP) is 11.5. The summed E-state index contributed by atoms with van der Waals surface area (Å²) in [7, 11) is 1.25. The number of carbonyl (C=O) groups is 3. The highest BCUT2D eigenvalue weighted by molar-refractivity contribution is 5.77. The molecule has 0 saturated carbocycles. The predicted molar refractivity (Wildman–Crippen MR) is 363 cm³/mol. The molecule has 18 heteroatoms. The van der Waals surface area contributed by atoms with Crippen LogP contribution in [0.2, 0.25) is 0 Å². The third kappa shape index (κ3) is 18.3. The Labute approximate surface area is 560 Å². The standard InChI is InChI=1S/2C25H40N2O4.C24H38N2O4/c2*1-15(2)23(26)24(28)31-20-12-19-18-11-22(30-7)21(29-6)10-16(18)8-9-27(19)14-17(20)13-25(3,4)5;1-14(2)9-17-13-26-8-7-16-10-21(28-5)22(29-6)11-18(16)19(26)12-20(17)30-24(27)23(25)15(3)4/h2*10-11,15,17,19-20,23H,8-9,12-14,26H2,1-7H3;10-11,14-15,17,19-20,23H,7-9,12-13,25H2,1-6H3/t3*17-,19-,20-,23-/m000/s1/i6D3;;5D3. The summed E-state index contributed by atoms with van der Waals surface area (Å²) < 4.78 is 95.3. The molecule has 18 nitrogen and oxygen atoms in total. The summed E-state index contributed by atoms with van der Waals surface area (Å²) in [4.78, 5) is 45.7. The van der Waals surface area contributed by atoms with Crippen LogP contribution in [0.4, 0.5) is 0 Å². The average Bonchev–Trinajstić information content (AvgIpc) is 0.774. The molecule has 6 heterocycles. The van der Waals surface area contributed by atoms with Crippen molar-refractivity contribution in [3.05, 3.63) is 69.8 Å². The molecule has 0 radical (unpaired) electrons. The number of piperidine rings is 3. The lowest BCUT2D eigenvalue weighted by molar-refractivity contribution is -0.161. The van der Waals surface area contributed by atoms with Crippen molar-refractivity contribution in [2.75, 3.05) is 81.8 Å². The zero-order valence-electron chi connectivity index (χ0n) is 64.8. The van der Waals surface area contributed by atoms with E-state index in [-0.39, 0.29) is 106 Å². The number of esters is 3. The Bertz CT molecular complexity index is 3170. The van der Waals surface area contributed by atoms with E-state index < -0.39 is 32.2 Å². The van der Waals surface area contributed by atoms with Gasteiger partial charge in [-0.15, -0.1) is 0 Å². The number of rotatable bonds is 19. The van der Waals surface area contributed by atoms with Gasteiger partial charge in [0.15, 0.2) is 34.5 Å². The first-order valence-electron chi connectivity index (χ1n) is 36.8. The van der Waals surface area contributed by atoms with Gasteiger partial charge in [0, 0.05) is 94.4 Å². The van der Waals surface area contributed by atoms with Gasteiger partial charge in [0.25, 0.3) is 0 Å². The molecule has 6 aliphatic rings. The Morgan fingerprint density at radius 1 is 0.457 bits per heavy atom. The van der Waals surface area contributed by atoms with Crippen LogP contribution in [0, 0.1) is 52.3 Å². The van der Waals surface area contributed by atoms with Gasteiger partial charge in [0.2, 0.25) is 0 Å². The second-order valence-electron chi connectivity index (χ2n) is 30.7. The Morgan fingerprint density at radius 3 is 0.989 bits per heavy atom. The molecular weight excluding hydrogens is 1160 g/mol. The maximum absolute atomic E-state index is 12.8. The number of hydrogen-bond acceptors (Lipinski definition) is 18. The van der Waals surface area contributed by atoms with Crippen molar-refractivity contribution in [2.24, 2.45) is 69.5 Å². The summed E-state index contributed by atoms with van der Waals surface area (Å²) in [5, 5.41) is 0. The van der Waals surface area contributed by atoms with Gasteiger partial charge in [-0.25, -0.2) is 0 Å². The third-order valence-electron chi connectivity index (χ3n) is 19.8. The normalized spacial score (nSPS) is 26.1. The molecule has 0 amide bonds. The number of hydrogen-bond donors (Lipinski definition) is 3. The van der Waals surface area contributed by atoms with Crippen molar-refractivity contribution in [1.82, 2.24) is 14.7 Å². The van der Waals surface area contributed by atoms with Crippen molar-refractivity contribution in [3.8, 4) is 34.5 Å². The molecule has 92 heavy (non-hydrogen) atoms. The van der Waals surface area contributed by atoms with E-state index in [0.717, 1.165) is 118 Å². The number of carbonyl (C=O) groups excluding carboxylic acids is 3. The fourth-order valence-corrected chi connectivity index (χ4v) is 14.8. The van der Waals surface area contributed by atoms with E-state index >= 15 is 0 Å². The SMILES string of the molecule is COc1cc2c(cc1OC)[C@@H]1C[C@H](OC(=O)[C@@H](N)C(C)C)[C@@H](CC(C)(C)C)CN1CC2.[2H]C([2H])([2H])Oc1cc2c(cc1OC)[C@@H]1C[C@H](OC(=O)[C@@H](N)C(C)C)[C@@H](CC(C)(C)C)CN1CC2.[2H]C([2H])([2H])Oc1cc2c(cc1OC)[C@@H]1C[C@H](OC(=O)[C@@H](N)C(C)C)[C@@H](CC(C)C)CN1CC2. The Kier molecular flexibility index (Phi) is 22.7. The van der Waals surface area contributed by atoms with Crippen LogP contribution in [0.5, 0.6) is 34.5 Å². The molecule has 3 aromatic rings. The number of ether oxygens (including phenoxy) is 9. The zero-order chi connectivity index (χ0) is 72.8. The Balaban J connectivity index is 0.000000207. The molecule has 3 saturated heterocycles. The molecule has 3 fully saturated rings. The molecule has 0 aromatic heterocycles. The highest BCUT2D eigenvalue weighted by Crippen LogP contribution is 2.49. The largest absolute Gasteiger partial charge is 0.493 e. The first-order chi connectivity index (χ1) is 45.6. The molecule has 6 N–H and O–H groups in total. The minimum absolute atomic E-state index is 0.00460. The summed E-state index contributed by atoms with van der Waals surface area (Å²) in [6.07, 6.45) is 6.98. The summed E-state index contributed by atoms with van der Waals surface area (Å²) >= 11 is 0. The monoisotopic (exact) mass is 1290 g/mol. The van der Waals surface area contributed by atoms with Gasteiger partial charge in [0.1, 0.15) is 36.4 Å². The number of methoxy groups -OCH3 is 6. The van der Waals surface area contributed by atoms with Gasteiger partial charge < -0.3 is 59.8 Å². The van der Waals surface area contributed by atoms with Gasteiger partial charge in [-0.3, -0.25) is 29.1 Å². The molecule has 12 atom stereocenters. The van der Waals surface area contributed by atoms with Crippen LogP contribution in [-0.2, 0) is 47.9 Å². The van der Waals surface area contributed by atoms with Gasteiger partial charge in [-0.2, -0.15) is 0 Å². The van der Waals surface area contributed by atoms with Crippen LogP contribution in [0.15, 0.2) is 36.4 Å². The minimum Gasteiger partial charge on any atom is -0.493 e. The van der Waals surface area contributed by atoms with Crippen molar-refractivity contribution < 1.29 is 65.2 Å². The molecule has 3 aromatic carbocycles. The second-order valence-corrected chi connectivity index (χ2v) is 30.7. The van der Waals surface area contributed by atoms with Gasteiger partial charge in [-0.05, 0) is 143 Å². The minimum atomic E-state index is -2.55. The van der Waals surface area contributed by atoms with Crippen LogP contribution in [-0.4, -0.2) is 151 Å². The van der Waals surface area contributed by atoms with Crippen LogP contribution >= 0.6 is 0 Å². The van der Waals surface area contributed by atoms with E-state index in [1.807, 2.05) is 53.7 Å². The van der Waals surface area contributed by atoms with E-state index in [2.05, 4.69) is 82.2 Å². The number of nitrogens with zero attached hydrogens (tertiary/aromatic N) is 3. The summed E-state index contributed by atoms with van der Waals surface area (Å²) in [5.74, 6) is 3.09. The van der Waals surface area contributed by atoms with E-state index in [1.165, 1.54) is 25.3 Å². The Morgan fingerprint density at radius 2 is 0.728 bits per heavy atom. The Hall–Kier alpha value is -5.37. The van der Waals surface area contributed by atoms with Gasteiger partial charge in [-0.1, -0.05) is 96.9 Å².